The lowest BCUT2D eigenvalue weighted by atomic mass is 10.1. The molecule has 0 aliphatic carbocycles. The van der Waals surface area contributed by atoms with E-state index in [1.807, 2.05) is 18.3 Å². The van der Waals surface area contributed by atoms with Gasteiger partial charge < -0.3 is 14.4 Å². The summed E-state index contributed by atoms with van der Waals surface area (Å²) in [7, 11) is 0. The van der Waals surface area contributed by atoms with Gasteiger partial charge in [-0.3, -0.25) is 0 Å². The van der Waals surface area contributed by atoms with Gasteiger partial charge in [0.05, 0.1) is 0 Å². The largest absolute Gasteiger partial charge is 0.490 e. The highest BCUT2D eigenvalue weighted by Crippen LogP contribution is 2.43. The first-order valence-electron chi connectivity index (χ1n) is 9.89. The Labute approximate surface area is 166 Å². The van der Waals surface area contributed by atoms with E-state index in [0.717, 1.165) is 42.5 Å². The standard InChI is InChI=1S/C22H28N2O2S/c1-15(2)24-13-10-19(11-14-24)25-18-8-6-17(7-9-18)21-16(3)27-22-20(26-21)5-4-12-23-22/h4-9,12,15-16,19,21H,10-11,13-14H2,1-3H3. The second-order valence-corrected chi connectivity index (χ2v) is 9.05. The SMILES string of the molecule is CC1Sc2ncccc2OC1c1ccc(OC2CCN(C(C)C)CC2)cc1. The summed E-state index contributed by atoms with van der Waals surface area (Å²) in [6, 6.07) is 13.0. The van der Waals surface area contributed by atoms with Crippen molar-refractivity contribution in [3.05, 3.63) is 48.2 Å². The van der Waals surface area contributed by atoms with Crippen LogP contribution in [0, 0.1) is 0 Å². The minimum absolute atomic E-state index is 0.0371. The van der Waals surface area contributed by atoms with Gasteiger partial charge in [-0.05, 0) is 63.4 Å². The highest BCUT2D eigenvalue weighted by molar-refractivity contribution is 8.00. The second-order valence-electron chi connectivity index (χ2n) is 7.68. The number of hydrogen-bond donors (Lipinski definition) is 0. The van der Waals surface area contributed by atoms with Crippen LogP contribution in [-0.4, -0.2) is 40.4 Å². The van der Waals surface area contributed by atoms with Gasteiger partial charge in [0.15, 0.2) is 5.75 Å². The Morgan fingerprint density at radius 2 is 1.89 bits per heavy atom. The van der Waals surface area contributed by atoms with E-state index in [2.05, 4.69) is 54.9 Å². The van der Waals surface area contributed by atoms with Crippen LogP contribution in [0.5, 0.6) is 11.5 Å². The van der Waals surface area contributed by atoms with E-state index in [0.29, 0.717) is 17.4 Å². The molecular formula is C22H28N2O2S. The fourth-order valence-corrected chi connectivity index (χ4v) is 4.84. The van der Waals surface area contributed by atoms with Crippen molar-refractivity contribution in [1.29, 1.82) is 0 Å². The normalized spacial score (nSPS) is 23.7. The zero-order valence-electron chi connectivity index (χ0n) is 16.3. The maximum atomic E-state index is 6.23. The summed E-state index contributed by atoms with van der Waals surface area (Å²) < 4.78 is 12.5. The van der Waals surface area contributed by atoms with Gasteiger partial charge in [0.25, 0.3) is 0 Å². The number of ether oxygens (including phenoxy) is 2. The summed E-state index contributed by atoms with van der Waals surface area (Å²) in [6.45, 7) is 8.97. The van der Waals surface area contributed by atoms with Crippen molar-refractivity contribution >= 4 is 11.8 Å². The fraction of sp³-hybridized carbons (Fsp3) is 0.500. The maximum Gasteiger partial charge on any atom is 0.152 e. The number of piperidine rings is 1. The molecule has 0 radical (unpaired) electrons. The Kier molecular flexibility index (Phi) is 5.60. The molecule has 5 heteroatoms. The fourth-order valence-electron chi connectivity index (χ4n) is 3.80. The lowest BCUT2D eigenvalue weighted by Crippen LogP contribution is -2.41. The molecule has 2 aliphatic rings. The van der Waals surface area contributed by atoms with Gasteiger partial charge in [-0.15, -0.1) is 0 Å². The van der Waals surface area contributed by atoms with Crippen molar-refractivity contribution in [1.82, 2.24) is 9.88 Å². The van der Waals surface area contributed by atoms with Crippen LogP contribution in [0.2, 0.25) is 0 Å². The Morgan fingerprint density at radius 3 is 2.59 bits per heavy atom. The van der Waals surface area contributed by atoms with Gasteiger partial charge in [0.1, 0.15) is 23.0 Å². The molecule has 4 nitrogen and oxygen atoms in total. The minimum atomic E-state index is 0.0371. The third-order valence-electron chi connectivity index (χ3n) is 5.43. The molecular weight excluding hydrogens is 356 g/mol. The van der Waals surface area contributed by atoms with Crippen molar-refractivity contribution in [2.45, 2.75) is 62.1 Å². The van der Waals surface area contributed by atoms with Crippen LogP contribution in [0.4, 0.5) is 0 Å². The predicted octanol–water partition coefficient (Wildman–Crippen LogP) is 4.95. The van der Waals surface area contributed by atoms with E-state index in [1.165, 1.54) is 5.56 Å². The molecule has 2 aromatic rings. The third kappa shape index (κ3) is 4.25. The van der Waals surface area contributed by atoms with Crippen LogP contribution in [0.15, 0.2) is 47.6 Å². The van der Waals surface area contributed by atoms with E-state index < -0.39 is 0 Å². The molecule has 1 saturated heterocycles. The number of nitrogens with zero attached hydrogens (tertiary/aromatic N) is 2. The lowest BCUT2D eigenvalue weighted by molar-refractivity contribution is 0.0842. The molecule has 2 aliphatic heterocycles. The highest BCUT2D eigenvalue weighted by Gasteiger charge is 2.29. The zero-order valence-corrected chi connectivity index (χ0v) is 17.1. The quantitative estimate of drug-likeness (QED) is 0.745. The van der Waals surface area contributed by atoms with E-state index in [9.17, 15) is 0 Å². The number of aromatic nitrogens is 1. The highest BCUT2D eigenvalue weighted by atomic mass is 32.2. The molecule has 2 unspecified atom stereocenters. The number of rotatable bonds is 4. The van der Waals surface area contributed by atoms with Crippen LogP contribution in [0.1, 0.15) is 45.3 Å². The molecule has 4 rings (SSSR count). The lowest BCUT2D eigenvalue weighted by Gasteiger charge is -2.34. The van der Waals surface area contributed by atoms with Crippen molar-refractivity contribution in [3.63, 3.8) is 0 Å². The second kappa shape index (κ2) is 8.11. The average molecular weight is 385 g/mol. The molecule has 27 heavy (non-hydrogen) atoms. The molecule has 0 saturated carbocycles. The Morgan fingerprint density at radius 1 is 1.15 bits per heavy atom. The summed E-state index contributed by atoms with van der Waals surface area (Å²) in [5.41, 5.74) is 1.19. The molecule has 1 aromatic carbocycles. The monoisotopic (exact) mass is 384 g/mol. The van der Waals surface area contributed by atoms with Crippen molar-refractivity contribution in [3.8, 4) is 11.5 Å². The Bertz CT molecular complexity index is 757. The molecule has 1 fully saturated rings. The molecule has 0 spiro atoms. The Balaban J connectivity index is 1.38. The van der Waals surface area contributed by atoms with Crippen molar-refractivity contribution < 1.29 is 9.47 Å². The topological polar surface area (TPSA) is 34.6 Å². The van der Waals surface area contributed by atoms with Gasteiger partial charge in [-0.2, -0.15) is 0 Å². The van der Waals surface area contributed by atoms with Crippen LogP contribution < -0.4 is 9.47 Å². The first-order valence-corrected chi connectivity index (χ1v) is 10.8. The third-order valence-corrected chi connectivity index (χ3v) is 6.58. The summed E-state index contributed by atoms with van der Waals surface area (Å²) in [6.07, 6.45) is 4.38. The number of fused-ring (bicyclic) bond motifs is 1. The van der Waals surface area contributed by atoms with Crippen molar-refractivity contribution in [2.75, 3.05) is 13.1 Å². The zero-order chi connectivity index (χ0) is 18.8. The van der Waals surface area contributed by atoms with Gasteiger partial charge >= 0.3 is 0 Å². The molecule has 3 heterocycles. The molecule has 2 atom stereocenters. The number of pyridine rings is 1. The van der Waals surface area contributed by atoms with Crippen LogP contribution in [-0.2, 0) is 0 Å². The first kappa shape index (κ1) is 18.6. The predicted molar refractivity (Wildman–Crippen MR) is 110 cm³/mol. The molecule has 0 N–H and O–H groups in total. The number of thioether (sulfide) groups is 1. The number of hydrogen-bond acceptors (Lipinski definition) is 5. The van der Waals surface area contributed by atoms with Gasteiger partial charge in [-0.25, -0.2) is 4.98 Å². The summed E-state index contributed by atoms with van der Waals surface area (Å²) >= 11 is 1.78. The molecule has 0 bridgehead atoms. The summed E-state index contributed by atoms with van der Waals surface area (Å²) in [4.78, 5) is 6.93. The first-order chi connectivity index (χ1) is 13.1. The van der Waals surface area contributed by atoms with E-state index in [1.54, 1.807) is 11.8 Å². The molecule has 144 valence electrons. The van der Waals surface area contributed by atoms with Crippen LogP contribution in [0.25, 0.3) is 0 Å². The molecule has 1 aromatic heterocycles. The van der Waals surface area contributed by atoms with Gasteiger partial charge in [-0.1, -0.05) is 23.9 Å². The van der Waals surface area contributed by atoms with Crippen LogP contribution >= 0.6 is 11.8 Å². The summed E-state index contributed by atoms with van der Waals surface area (Å²) in [5.74, 6) is 1.84. The average Bonchev–Trinajstić information content (AvgIpc) is 2.68. The Hall–Kier alpha value is -1.72. The number of benzene rings is 1. The minimum Gasteiger partial charge on any atom is -0.490 e. The summed E-state index contributed by atoms with van der Waals surface area (Å²) in [5, 5.41) is 1.30. The number of likely N-dealkylation sites (tertiary alicyclic amines) is 1. The van der Waals surface area contributed by atoms with Gasteiger partial charge in [0.2, 0.25) is 0 Å². The smallest absolute Gasteiger partial charge is 0.152 e. The van der Waals surface area contributed by atoms with E-state index in [-0.39, 0.29) is 6.10 Å². The molecule has 0 amide bonds. The van der Waals surface area contributed by atoms with Crippen LogP contribution in [0.3, 0.4) is 0 Å². The van der Waals surface area contributed by atoms with E-state index in [4.69, 9.17) is 9.47 Å². The van der Waals surface area contributed by atoms with Gasteiger partial charge in [0, 0.05) is 30.6 Å². The maximum absolute atomic E-state index is 6.23. The van der Waals surface area contributed by atoms with Crippen molar-refractivity contribution in [2.24, 2.45) is 0 Å². The van der Waals surface area contributed by atoms with E-state index >= 15 is 0 Å².